The van der Waals surface area contributed by atoms with Gasteiger partial charge in [0.1, 0.15) is 39.5 Å². The minimum absolute atomic E-state index is 0.294. The van der Waals surface area contributed by atoms with Gasteiger partial charge in [0.25, 0.3) is 0 Å². The van der Waals surface area contributed by atoms with Gasteiger partial charge < -0.3 is 35.2 Å². The van der Waals surface area contributed by atoms with E-state index in [0.29, 0.717) is 69.3 Å². The molecule has 3 aromatic rings. The van der Waals surface area contributed by atoms with Crippen molar-refractivity contribution >= 4 is 69.5 Å². The third-order valence-corrected chi connectivity index (χ3v) is 8.22. The van der Waals surface area contributed by atoms with Crippen molar-refractivity contribution < 1.29 is 14.3 Å². The molecule has 0 unspecified atom stereocenters. The number of amides is 1. The van der Waals surface area contributed by atoms with Gasteiger partial charge >= 0.3 is 0 Å². The second-order valence-electron chi connectivity index (χ2n) is 10.00. The molecule has 1 aromatic heterocycles. The van der Waals surface area contributed by atoms with Gasteiger partial charge in [-0.3, -0.25) is 14.7 Å². The molecule has 0 bridgehead atoms. The maximum Gasteiger partial charge on any atom is 0.247 e. The molecular weight excluding hydrogens is 605 g/mol. The quantitative estimate of drug-likeness (QED) is 0.259. The van der Waals surface area contributed by atoms with Crippen molar-refractivity contribution in [2.45, 2.75) is 6.92 Å². The molecule has 2 aromatic carbocycles. The fraction of sp³-hybridized carbons (Fsp3) is 0.333. The van der Waals surface area contributed by atoms with E-state index in [1.807, 2.05) is 23.1 Å². The van der Waals surface area contributed by atoms with Crippen LogP contribution < -0.4 is 35.2 Å². The third-order valence-electron chi connectivity index (χ3n) is 7.47. The van der Waals surface area contributed by atoms with Gasteiger partial charge in [0.15, 0.2) is 0 Å². The van der Waals surface area contributed by atoms with Gasteiger partial charge in [0, 0.05) is 50.5 Å². The molecule has 0 radical (unpaired) electrons. The topological polar surface area (TPSA) is 119 Å². The number of ether oxygens (including phenoxy) is 2. The van der Waals surface area contributed by atoms with Gasteiger partial charge in [-0.25, -0.2) is 9.97 Å². The molecule has 44 heavy (non-hydrogen) atoms. The molecule has 1 amide bonds. The minimum atomic E-state index is -0.306. The van der Waals surface area contributed by atoms with Gasteiger partial charge in [0.05, 0.1) is 37.8 Å². The summed E-state index contributed by atoms with van der Waals surface area (Å²) in [7, 11) is 3.03. The lowest BCUT2D eigenvalue weighted by Gasteiger charge is -2.35. The molecule has 2 aliphatic heterocycles. The Morgan fingerprint density at radius 2 is 1.70 bits per heavy atom. The van der Waals surface area contributed by atoms with E-state index >= 15 is 0 Å². The Kier molecular flexibility index (Phi) is 9.93. The van der Waals surface area contributed by atoms with Crippen molar-refractivity contribution in [1.82, 2.24) is 14.9 Å². The summed E-state index contributed by atoms with van der Waals surface area (Å²) in [4.78, 5) is 32.5. The Hall–Kier alpha value is -4.26. The summed E-state index contributed by atoms with van der Waals surface area (Å²) in [5, 5.41) is 10.1. The van der Waals surface area contributed by atoms with Crippen LogP contribution in [0, 0.1) is 0 Å². The number of rotatable bonds is 10. The van der Waals surface area contributed by atoms with Crippen molar-refractivity contribution in [3.05, 3.63) is 59.4 Å². The first-order valence-electron chi connectivity index (χ1n) is 14.2. The first kappa shape index (κ1) is 31.2. The monoisotopic (exact) mass is 639 g/mol. The summed E-state index contributed by atoms with van der Waals surface area (Å²) in [6.07, 6.45) is 2.71. The van der Waals surface area contributed by atoms with Crippen LogP contribution in [-0.4, -0.2) is 86.8 Å². The highest BCUT2D eigenvalue weighted by molar-refractivity contribution is 6.42. The van der Waals surface area contributed by atoms with Crippen molar-refractivity contribution in [3.63, 3.8) is 0 Å². The van der Waals surface area contributed by atoms with Crippen LogP contribution in [0.5, 0.6) is 11.5 Å². The minimum Gasteiger partial charge on any atom is -0.495 e. The second kappa shape index (κ2) is 14.0. The van der Waals surface area contributed by atoms with Crippen molar-refractivity contribution in [2.75, 3.05) is 85.8 Å². The Bertz CT molecular complexity index is 1530. The zero-order valence-corrected chi connectivity index (χ0v) is 26.4. The van der Waals surface area contributed by atoms with Crippen LogP contribution >= 0.6 is 23.2 Å². The molecule has 14 heteroatoms. The number of carbonyl (C=O) groups excluding carboxylic acids is 1. The number of anilines is 6. The largest absolute Gasteiger partial charge is 0.495 e. The number of guanidine groups is 1. The number of likely N-dealkylation sites (N-methyl/N-ethyl adjacent to an activating group) is 1. The average Bonchev–Trinajstić information content (AvgIpc) is 3.52. The molecule has 232 valence electrons. The van der Waals surface area contributed by atoms with Crippen molar-refractivity contribution in [2.24, 2.45) is 4.99 Å². The summed E-state index contributed by atoms with van der Waals surface area (Å²) >= 11 is 13.2. The molecule has 3 N–H and O–H groups in total. The SMILES string of the molecule is C=CC(=O)Nc1cc(N2CCN(CC)CC2)ccc1Nc1cc(N2CCN=C2Nc2c(Cl)c(OC)cc(OC)c2Cl)ncn1. The molecule has 2 aliphatic rings. The maximum atomic E-state index is 12.3. The number of aliphatic imine (C=N–C) groups is 1. The number of carbonyl (C=O) groups is 1. The summed E-state index contributed by atoms with van der Waals surface area (Å²) < 4.78 is 10.8. The molecule has 0 saturated carbocycles. The number of hydrogen-bond acceptors (Lipinski definition) is 11. The van der Waals surface area contributed by atoms with Crippen LogP contribution in [0.25, 0.3) is 0 Å². The molecule has 3 heterocycles. The summed E-state index contributed by atoms with van der Waals surface area (Å²) in [6, 6.07) is 9.37. The molecule has 5 rings (SSSR count). The lowest BCUT2D eigenvalue weighted by Crippen LogP contribution is -2.46. The number of hydrogen-bond donors (Lipinski definition) is 3. The molecule has 0 atom stereocenters. The molecule has 1 saturated heterocycles. The van der Waals surface area contributed by atoms with E-state index in [1.165, 1.54) is 26.6 Å². The Morgan fingerprint density at radius 3 is 2.36 bits per heavy atom. The highest BCUT2D eigenvalue weighted by atomic mass is 35.5. The first-order valence-corrected chi connectivity index (χ1v) is 14.9. The highest BCUT2D eigenvalue weighted by Gasteiger charge is 2.25. The molecule has 0 spiro atoms. The fourth-order valence-corrected chi connectivity index (χ4v) is 5.63. The summed E-state index contributed by atoms with van der Waals surface area (Å²) in [5.74, 6) is 2.12. The molecule has 1 fully saturated rings. The van der Waals surface area contributed by atoms with Crippen LogP contribution in [0.1, 0.15) is 6.92 Å². The van der Waals surface area contributed by atoms with E-state index in [9.17, 15) is 4.79 Å². The predicted molar refractivity (Wildman–Crippen MR) is 178 cm³/mol. The first-order chi connectivity index (χ1) is 21.3. The molecule has 0 aliphatic carbocycles. The third kappa shape index (κ3) is 6.77. The van der Waals surface area contributed by atoms with E-state index in [0.717, 1.165) is 38.4 Å². The van der Waals surface area contributed by atoms with Gasteiger partial charge in [-0.1, -0.05) is 36.7 Å². The van der Waals surface area contributed by atoms with E-state index < -0.39 is 0 Å². The number of piperazine rings is 1. The van der Waals surface area contributed by atoms with E-state index in [4.69, 9.17) is 32.7 Å². The van der Waals surface area contributed by atoms with Gasteiger partial charge in [-0.15, -0.1) is 0 Å². The van der Waals surface area contributed by atoms with Crippen LogP contribution in [0.3, 0.4) is 0 Å². The maximum absolute atomic E-state index is 12.3. The highest BCUT2D eigenvalue weighted by Crippen LogP contribution is 2.44. The summed E-state index contributed by atoms with van der Waals surface area (Å²) in [5.41, 5.74) is 2.73. The Labute approximate surface area is 266 Å². The molecular formula is C30H35Cl2N9O3. The van der Waals surface area contributed by atoms with E-state index in [2.05, 4.69) is 54.2 Å². The lowest BCUT2D eigenvalue weighted by atomic mass is 10.2. The van der Waals surface area contributed by atoms with Crippen LogP contribution in [0.15, 0.2) is 54.3 Å². The number of halogens is 2. The Balaban J connectivity index is 1.38. The second-order valence-corrected chi connectivity index (χ2v) is 10.8. The zero-order valence-electron chi connectivity index (χ0n) is 24.9. The van der Waals surface area contributed by atoms with Gasteiger partial charge in [-0.2, -0.15) is 0 Å². The number of aromatic nitrogens is 2. The number of benzene rings is 2. The number of methoxy groups -OCH3 is 2. The van der Waals surface area contributed by atoms with Crippen molar-refractivity contribution in [3.8, 4) is 11.5 Å². The van der Waals surface area contributed by atoms with E-state index in [1.54, 1.807) is 12.1 Å². The zero-order chi connectivity index (χ0) is 31.2. The Morgan fingerprint density at radius 1 is 0.977 bits per heavy atom. The smallest absolute Gasteiger partial charge is 0.247 e. The van der Waals surface area contributed by atoms with Gasteiger partial charge in [-0.05, 0) is 30.8 Å². The normalized spacial score (nSPS) is 15.1. The van der Waals surface area contributed by atoms with Crippen LogP contribution in [0.4, 0.5) is 34.4 Å². The predicted octanol–water partition coefficient (Wildman–Crippen LogP) is 5.10. The average molecular weight is 641 g/mol. The van der Waals surface area contributed by atoms with Crippen LogP contribution in [-0.2, 0) is 4.79 Å². The number of nitrogens with zero attached hydrogens (tertiary/aromatic N) is 6. The van der Waals surface area contributed by atoms with E-state index in [-0.39, 0.29) is 5.91 Å². The van der Waals surface area contributed by atoms with Gasteiger partial charge in [0.2, 0.25) is 11.9 Å². The fourth-order valence-electron chi connectivity index (χ4n) is 5.03. The summed E-state index contributed by atoms with van der Waals surface area (Å²) in [6.45, 7) is 11.7. The molecule has 12 nitrogen and oxygen atoms in total. The van der Waals surface area contributed by atoms with Crippen LogP contribution in [0.2, 0.25) is 10.0 Å². The standard InChI is InChI=1S/C30H35Cl2N9O3/c1-5-26(42)37-21-15-19(40-13-11-39(6-2)12-14-40)7-8-20(21)36-24-17-25(35-18-34-24)41-10-9-33-30(41)38-29-27(31)22(43-3)16-23(44-4)28(29)32/h5,7-8,15-18H,1,6,9-14H2,2-4H3,(H,33,38)(H,37,42)(H,34,35,36). The lowest BCUT2D eigenvalue weighted by molar-refractivity contribution is -0.111. The van der Waals surface area contributed by atoms with Crippen molar-refractivity contribution in [1.29, 1.82) is 0 Å². The number of nitrogens with one attached hydrogen (secondary N) is 3.